The van der Waals surface area contributed by atoms with Crippen LogP contribution in [0.25, 0.3) is 22.2 Å². The second-order valence-electron chi connectivity index (χ2n) is 9.98. The van der Waals surface area contributed by atoms with E-state index in [1.54, 1.807) is 24.1 Å². The highest BCUT2D eigenvalue weighted by Crippen LogP contribution is 2.42. The van der Waals surface area contributed by atoms with E-state index in [4.69, 9.17) is 32.7 Å². The van der Waals surface area contributed by atoms with E-state index in [2.05, 4.69) is 25.1 Å². The molecule has 9 nitrogen and oxygen atoms in total. The maximum absolute atomic E-state index is 13.9. The SMILES string of the molecule is CCOC(=O)N1CC2(C1)CN(c1ccc(-c3n[nH]c4ccc(OC(C)c5c(Cl)cnc(F)c5Cl)cc34)cn1)C2. The zero-order valence-corrected chi connectivity index (χ0v) is 22.8. The maximum atomic E-state index is 13.9. The number of ether oxygens (including phenoxy) is 2. The highest BCUT2D eigenvalue weighted by molar-refractivity contribution is 6.35. The van der Waals surface area contributed by atoms with Crippen molar-refractivity contribution in [1.29, 1.82) is 0 Å². The predicted octanol–water partition coefficient (Wildman–Crippen LogP) is 5.88. The Hall–Kier alpha value is -3.63. The van der Waals surface area contributed by atoms with Crippen molar-refractivity contribution in [1.82, 2.24) is 25.1 Å². The lowest BCUT2D eigenvalue weighted by Crippen LogP contribution is -2.73. The highest BCUT2D eigenvalue weighted by Gasteiger charge is 2.54. The number of hydrogen-bond acceptors (Lipinski definition) is 7. The molecular weight excluding hydrogens is 546 g/mol. The van der Waals surface area contributed by atoms with Gasteiger partial charge in [-0.1, -0.05) is 23.2 Å². The van der Waals surface area contributed by atoms with Crippen LogP contribution in [0.4, 0.5) is 15.0 Å². The van der Waals surface area contributed by atoms with Crippen LogP contribution in [-0.4, -0.2) is 63.9 Å². The Bertz CT molecular complexity index is 1550. The molecule has 1 amide bonds. The zero-order valence-electron chi connectivity index (χ0n) is 21.2. The molecule has 6 rings (SSSR count). The van der Waals surface area contributed by atoms with Crippen LogP contribution in [0.5, 0.6) is 5.75 Å². The van der Waals surface area contributed by atoms with E-state index in [0.717, 1.165) is 54.2 Å². The summed E-state index contributed by atoms with van der Waals surface area (Å²) >= 11 is 12.3. The number of carbonyl (C=O) groups is 1. The molecule has 1 spiro atoms. The maximum Gasteiger partial charge on any atom is 0.409 e. The zero-order chi connectivity index (χ0) is 27.3. The molecule has 0 radical (unpaired) electrons. The summed E-state index contributed by atoms with van der Waals surface area (Å²) in [7, 11) is 0. The standard InChI is InChI=1S/C27H25Cl2FN6O3/c1-3-38-26(37)36-13-27(14-36)11-35(12-27)21-7-4-16(9-31-21)24-18-8-17(5-6-20(18)33-34-24)39-15(2)22-19(28)10-32-25(30)23(22)29/h4-10,15H,3,11-14H2,1-2H3,(H,33,34). The van der Waals surface area contributed by atoms with Crippen molar-refractivity contribution in [3.63, 3.8) is 0 Å². The summed E-state index contributed by atoms with van der Waals surface area (Å²) in [5.74, 6) is 0.638. The number of nitrogens with zero attached hydrogens (tertiary/aromatic N) is 5. The molecule has 202 valence electrons. The van der Waals surface area contributed by atoms with Gasteiger partial charge in [-0.3, -0.25) is 5.10 Å². The van der Waals surface area contributed by atoms with E-state index in [1.807, 2.05) is 31.2 Å². The summed E-state index contributed by atoms with van der Waals surface area (Å²) in [5, 5.41) is 8.46. The van der Waals surface area contributed by atoms with Crippen molar-refractivity contribution >= 4 is 46.0 Å². The minimum absolute atomic E-state index is 0.134. The minimum atomic E-state index is -0.797. The summed E-state index contributed by atoms with van der Waals surface area (Å²) in [5.41, 5.74) is 2.89. The summed E-state index contributed by atoms with van der Waals surface area (Å²) in [4.78, 5) is 24.0. The van der Waals surface area contributed by atoms with E-state index < -0.39 is 12.1 Å². The van der Waals surface area contributed by atoms with Gasteiger partial charge < -0.3 is 19.3 Å². The van der Waals surface area contributed by atoms with Gasteiger partial charge in [0.25, 0.3) is 0 Å². The molecule has 4 aromatic rings. The summed E-state index contributed by atoms with van der Waals surface area (Å²) in [6.07, 6.45) is 2.17. The number of halogens is 3. The van der Waals surface area contributed by atoms with Gasteiger partial charge in [-0.05, 0) is 44.2 Å². The van der Waals surface area contributed by atoms with Crippen LogP contribution in [-0.2, 0) is 4.74 Å². The van der Waals surface area contributed by atoms with E-state index >= 15 is 0 Å². The molecule has 1 aromatic carbocycles. The first-order chi connectivity index (χ1) is 18.8. The van der Waals surface area contributed by atoms with E-state index in [-0.39, 0.29) is 21.6 Å². The van der Waals surface area contributed by atoms with Crippen LogP contribution in [0.2, 0.25) is 10.0 Å². The Labute approximate surface area is 233 Å². The van der Waals surface area contributed by atoms with Crippen LogP contribution in [0.3, 0.4) is 0 Å². The first-order valence-electron chi connectivity index (χ1n) is 12.5. The molecule has 39 heavy (non-hydrogen) atoms. The van der Waals surface area contributed by atoms with Crippen molar-refractivity contribution in [2.45, 2.75) is 20.0 Å². The fraction of sp³-hybridized carbons (Fsp3) is 0.333. The van der Waals surface area contributed by atoms with Gasteiger partial charge in [-0.15, -0.1) is 0 Å². The van der Waals surface area contributed by atoms with Crippen molar-refractivity contribution in [2.24, 2.45) is 5.41 Å². The number of H-pyrrole nitrogens is 1. The lowest BCUT2D eigenvalue weighted by Gasteiger charge is -2.59. The molecule has 2 saturated heterocycles. The van der Waals surface area contributed by atoms with Crippen LogP contribution in [0.1, 0.15) is 25.5 Å². The number of rotatable bonds is 6. The van der Waals surface area contributed by atoms with E-state index in [9.17, 15) is 9.18 Å². The number of nitrogens with one attached hydrogen (secondary N) is 1. The molecule has 2 aliphatic heterocycles. The molecule has 0 aliphatic carbocycles. The topological polar surface area (TPSA) is 96.5 Å². The second kappa shape index (κ2) is 9.84. The number of carbonyl (C=O) groups excluding carboxylic acids is 1. The molecule has 5 heterocycles. The quantitative estimate of drug-likeness (QED) is 0.289. The fourth-order valence-corrected chi connectivity index (χ4v) is 5.97. The highest BCUT2D eigenvalue weighted by atomic mass is 35.5. The molecule has 1 unspecified atom stereocenters. The number of pyridine rings is 2. The molecule has 12 heteroatoms. The Morgan fingerprint density at radius 3 is 2.67 bits per heavy atom. The smallest absolute Gasteiger partial charge is 0.409 e. The third-order valence-corrected chi connectivity index (χ3v) is 7.86. The molecule has 2 aliphatic rings. The van der Waals surface area contributed by atoms with Crippen molar-refractivity contribution in [3.8, 4) is 17.0 Å². The Balaban J connectivity index is 1.15. The van der Waals surface area contributed by atoms with Crippen LogP contribution < -0.4 is 9.64 Å². The lowest BCUT2D eigenvalue weighted by atomic mass is 9.73. The van der Waals surface area contributed by atoms with E-state index in [1.165, 1.54) is 6.20 Å². The summed E-state index contributed by atoms with van der Waals surface area (Å²) in [6.45, 7) is 7.10. The van der Waals surface area contributed by atoms with Crippen molar-refractivity contribution < 1.29 is 18.7 Å². The fourth-order valence-electron chi connectivity index (χ4n) is 5.32. The average molecular weight is 571 g/mol. The van der Waals surface area contributed by atoms with Crippen LogP contribution >= 0.6 is 23.2 Å². The predicted molar refractivity (Wildman–Crippen MR) is 146 cm³/mol. The lowest BCUT2D eigenvalue weighted by molar-refractivity contribution is -0.0196. The van der Waals surface area contributed by atoms with Gasteiger partial charge in [0.2, 0.25) is 5.95 Å². The molecule has 3 aromatic heterocycles. The molecule has 2 fully saturated rings. The Morgan fingerprint density at radius 2 is 1.95 bits per heavy atom. The van der Waals surface area contributed by atoms with Gasteiger partial charge in [0.05, 0.1) is 17.1 Å². The molecule has 1 N–H and O–H groups in total. The largest absolute Gasteiger partial charge is 0.486 e. The van der Waals surface area contributed by atoms with Gasteiger partial charge >= 0.3 is 6.09 Å². The third-order valence-electron chi connectivity index (χ3n) is 7.20. The number of aromatic nitrogens is 4. The monoisotopic (exact) mass is 570 g/mol. The van der Waals surface area contributed by atoms with E-state index in [0.29, 0.717) is 17.9 Å². The first kappa shape index (κ1) is 25.6. The van der Waals surface area contributed by atoms with Gasteiger partial charge in [-0.2, -0.15) is 9.49 Å². The third kappa shape index (κ3) is 4.61. The minimum Gasteiger partial charge on any atom is -0.486 e. The van der Waals surface area contributed by atoms with Crippen molar-refractivity contribution in [2.75, 3.05) is 37.7 Å². The van der Waals surface area contributed by atoms with Crippen LogP contribution in [0, 0.1) is 11.4 Å². The molecule has 0 saturated carbocycles. The van der Waals surface area contributed by atoms with Crippen LogP contribution in [0.15, 0.2) is 42.7 Å². The summed E-state index contributed by atoms with van der Waals surface area (Å²) < 4.78 is 25.0. The van der Waals surface area contributed by atoms with Gasteiger partial charge in [0, 0.05) is 60.5 Å². The van der Waals surface area contributed by atoms with Gasteiger partial charge in [-0.25, -0.2) is 14.8 Å². The molecule has 1 atom stereocenters. The first-order valence-corrected chi connectivity index (χ1v) is 13.3. The van der Waals surface area contributed by atoms with Gasteiger partial charge in [0.15, 0.2) is 0 Å². The number of aromatic amines is 1. The second-order valence-corrected chi connectivity index (χ2v) is 10.8. The van der Waals surface area contributed by atoms with Crippen molar-refractivity contribution in [3.05, 3.63) is 64.3 Å². The average Bonchev–Trinajstić information content (AvgIpc) is 3.29. The number of likely N-dealkylation sites (tertiary alicyclic amines) is 1. The summed E-state index contributed by atoms with van der Waals surface area (Å²) in [6, 6.07) is 9.50. The van der Waals surface area contributed by atoms with Gasteiger partial charge in [0.1, 0.15) is 28.4 Å². The normalized spacial score (nSPS) is 16.6. The number of benzene rings is 1. The Kier molecular flexibility index (Phi) is 6.47. The molecule has 0 bridgehead atoms. The number of anilines is 1. The Morgan fingerprint density at radius 1 is 1.15 bits per heavy atom. The number of fused-ring (bicyclic) bond motifs is 1. The molecular formula is C27H25Cl2FN6O3. The number of amides is 1. The number of hydrogen-bond donors (Lipinski definition) is 1.